The zero-order chi connectivity index (χ0) is 9.80. The molecule has 0 bridgehead atoms. The molecular weight excluding hydrogens is 184 g/mol. The SMILES string of the molecule is O=C1OCCC1COC1CCCCO1. The maximum Gasteiger partial charge on any atom is 0.311 e. The van der Waals surface area contributed by atoms with Crippen molar-refractivity contribution in [3.8, 4) is 0 Å². The van der Waals surface area contributed by atoms with Gasteiger partial charge in [0.2, 0.25) is 0 Å². The minimum atomic E-state index is -0.124. The molecule has 0 N–H and O–H groups in total. The number of carbonyl (C=O) groups excluding carboxylic acids is 1. The molecule has 4 nitrogen and oxygen atoms in total. The second-order valence-corrected chi connectivity index (χ2v) is 3.78. The van der Waals surface area contributed by atoms with Crippen LogP contribution in [0.4, 0.5) is 0 Å². The van der Waals surface area contributed by atoms with Crippen LogP contribution in [0.1, 0.15) is 25.7 Å². The van der Waals surface area contributed by atoms with Crippen molar-refractivity contribution in [2.45, 2.75) is 32.0 Å². The Labute approximate surface area is 83.5 Å². The minimum Gasteiger partial charge on any atom is -0.465 e. The molecule has 80 valence electrons. The fourth-order valence-electron chi connectivity index (χ4n) is 1.75. The summed E-state index contributed by atoms with van der Waals surface area (Å²) in [6, 6.07) is 0. The first kappa shape index (κ1) is 9.93. The molecule has 4 heteroatoms. The van der Waals surface area contributed by atoms with Gasteiger partial charge in [-0.25, -0.2) is 0 Å². The maximum absolute atomic E-state index is 11.1. The number of hydrogen-bond donors (Lipinski definition) is 0. The van der Waals surface area contributed by atoms with Gasteiger partial charge >= 0.3 is 5.97 Å². The Kier molecular flexibility index (Phi) is 3.37. The Morgan fingerprint density at radius 2 is 2.21 bits per heavy atom. The van der Waals surface area contributed by atoms with Gasteiger partial charge in [-0.05, 0) is 25.7 Å². The second-order valence-electron chi connectivity index (χ2n) is 3.78. The number of esters is 1. The molecule has 14 heavy (non-hydrogen) atoms. The van der Waals surface area contributed by atoms with Crippen LogP contribution >= 0.6 is 0 Å². The minimum absolute atomic E-state index is 0.0690. The fourth-order valence-corrected chi connectivity index (χ4v) is 1.75. The molecule has 2 fully saturated rings. The smallest absolute Gasteiger partial charge is 0.311 e. The molecule has 2 saturated heterocycles. The standard InChI is InChI=1S/C10H16O4/c11-10-8(4-6-13-10)7-14-9-3-1-2-5-12-9/h8-9H,1-7H2. The number of ether oxygens (including phenoxy) is 3. The molecule has 2 atom stereocenters. The Balaban J connectivity index is 1.68. The van der Waals surface area contributed by atoms with Gasteiger partial charge in [-0.3, -0.25) is 4.79 Å². The first-order valence-corrected chi connectivity index (χ1v) is 5.26. The lowest BCUT2D eigenvalue weighted by molar-refractivity contribution is -0.172. The number of carbonyl (C=O) groups is 1. The van der Waals surface area contributed by atoms with Crippen molar-refractivity contribution >= 4 is 5.97 Å². The van der Waals surface area contributed by atoms with E-state index >= 15 is 0 Å². The van der Waals surface area contributed by atoms with E-state index in [1.807, 2.05) is 0 Å². The van der Waals surface area contributed by atoms with Crippen LogP contribution in [0.2, 0.25) is 0 Å². The Hall–Kier alpha value is -0.610. The number of hydrogen-bond acceptors (Lipinski definition) is 4. The molecule has 0 aliphatic carbocycles. The summed E-state index contributed by atoms with van der Waals surface area (Å²) in [5, 5.41) is 0. The van der Waals surface area contributed by atoms with Gasteiger partial charge in [0.15, 0.2) is 6.29 Å². The highest BCUT2D eigenvalue weighted by Gasteiger charge is 2.28. The van der Waals surface area contributed by atoms with E-state index in [1.54, 1.807) is 0 Å². The molecule has 2 aliphatic rings. The molecule has 0 saturated carbocycles. The van der Waals surface area contributed by atoms with E-state index in [9.17, 15) is 4.79 Å². The average Bonchev–Trinajstić information content (AvgIpc) is 2.63. The van der Waals surface area contributed by atoms with Crippen LogP contribution < -0.4 is 0 Å². The molecule has 0 spiro atoms. The van der Waals surface area contributed by atoms with Crippen LogP contribution in [0.5, 0.6) is 0 Å². The summed E-state index contributed by atoms with van der Waals surface area (Å²) in [5.74, 6) is -0.193. The van der Waals surface area contributed by atoms with Crippen LogP contribution in [0.3, 0.4) is 0 Å². The highest BCUT2D eigenvalue weighted by molar-refractivity contribution is 5.74. The van der Waals surface area contributed by atoms with Crippen molar-refractivity contribution in [1.82, 2.24) is 0 Å². The normalized spacial score (nSPS) is 33.0. The number of cyclic esters (lactones) is 1. The van der Waals surface area contributed by atoms with Crippen molar-refractivity contribution in [1.29, 1.82) is 0 Å². The van der Waals surface area contributed by atoms with E-state index in [2.05, 4.69) is 0 Å². The third-order valence-electron chi connectivity index (χ3n) is 2.67. The van der Waals surface area contributed by atoms with Gasteiger partial charge in [-0.2, -0.15) is 0 Å². The lowest BCUT2D eigenvalue weighted by Gasteiger charge is -2.23. The lowest BCUT2D eigenvalue weighted by Crippen LogP contribution is -2.26. The summed E-state index contributed by atoms with van der Waals surface area (Å²) < 4.78 is 15.8. The fraction of sp³-hybridized carbons (Fsp3) is 0.900. The van der Waals surface area contributed by atoms with Crippen molar-refractivity contribution in [2.75, 3.05) is 19.8 Å². The van der Waals surface area contributed by atoms with Crippen molar-refractivity contribution in [3.63, 3.8) is 0 Å². The third-order valence-corrected chi connectivity index (χ3v) is 2.67. The van der Waals surface area contributed by atoms with Crippen LogP contribution in [-0.2, 0) is 19.0 Å². The summed E-state index contributed by atoms with van der Waals surface area (Å²) in [4.78, 5) is 11.1. The van der Waals surface area contributed by atoms with E-state index in [0.717, 1.165) is 32.3 Å². The quantitative estimate of drug-likeness (QED) is 0.640. The summed E-state index contributed by atoms with van der Waals surface area (Å²) in [6.45, 7) is 1.77. The largest absolute Gasteiger partial charge is 0.465 e. The molecule has 0 amide bonds. The van der Waals surface area contributed by atoms with E-state index in [1.165, 1.54) is 0 Å². The summed E-state index contributed by atoms with van der Waals surface area (Å²) in [6.07, 6.45) is 3.90. The van der Waals surface area contributed by atoms with Crippen molar-refractivity contribution in [3.05, 3.63) is 0 Å². The number of rotatable bonds is 3. The topological polar surface area (TPSA) is 44.8 Å². The predicted molar refractivity (Wildman–Crippen MR) is 48.6 cm³/mol. The van der Waals surface area contributed by atoms with Gasteiger partial charge in [-0.15, -0.1) is 0 Å². The maximum atomic E-state index is 11.1. The monoisotopic (exact) mass is 200 g/mol. The molecule has 0 aromatic carbocycles. The summed E-state index contributed by atoms with van der Waals surface area (Å²) >= 11 is 0. The third kappa shape index (κ3) is 2.45. The average molecular weight is 200 g/mol. The van der Waals surface area contributed by atoms with Crippen molar-refractivity contribution in [2.24, 2.45) is 5.92 Å². The first-order valence-electron chi connectivity index (χ1n) is 5.26. The van der Waals surface area contributed by atoms with Gasteiger partial charge in [0.05, 0.1) is 19.1 Å². The Bertz CT molecular complexity index is 198. The van der Waals surface area contributed by atoms with E-state index < -0.39 is 0 Å². The molecule has 2 rings (SSSR count). The summed E-state index contributed by atoms with van der Waals surface area (Å²) in [5.41, 5.74) is 0. The van der Waals surface area contributed by atoms with Gasteiger partial charge in [0.1, 0.15) is 0 Å². The predicted octanol–water partition coefficient (Wildman–Crippen LogP) is 1.09. The molecular formula is C10H16O4. The molecule has 2 heterocycles. The first-order chi connectivity index (χ1) is 6.86. The molecule has 0 radical (unpaired) electrons. The van der Waals surface area contributed by atoms with Gasteiger partial charge in [-0.1, -0.05) is 0 Å². The second kappa shape index (κ2) is 4.75. The van der Waals surface area contributed by atoms with Gasteiger partial charge in [0, 0.05) is 6.61 Å². The highest BCUT2D eigenvalue weighted by atomic mass is 16.7. The van der Waals surface area contributed by atoms with Crippen LogP contribution in [-0.4, -0.2) is 32.1 Å². The zero-order valence-electron chi connectivity index (χ0n) is 8.24. The van der Waals surface area contributed by atoms with E-state index in [4.69, 9.17) is 14.2 Å². The van der Waals surface area contributed by atoms with Gasteiger partial charge in [0.25, 0.3) is 0 Å². The Morgan fingerprint density at radius 3 is 2.86 bits per heavy atom. The molecule has 0 aromatic rings. The Morgan fingerprint density at radius 1 is 1.29 bits per heavy atom. The lowest BCUT2D eigenvalue weighted by atomic mass is 10.1. The van der Waals surface area contributed by atoms with Crippen LogP contribution in [0.15, 0.2) is 0 Å². The van der Waals surface area contributed by atoms with E-state index in [-0.39, 0.29) is 18.2 Å². The highest BCUT2D eigenvalue weighted by Crippen LogP contribution is 2.18. The molecule has 2 unspecified atom stereocenters. The van der Waals surface area contributed by atoms with Crippen LogP contribution in [0.25, 0.3) is 0 Å². The molecule has 2 aliphatic heterocycles. The summed E-state index contributed by atoms with van der Waals surface area (Å²) in [7, 11) is 0. The van der Waals surface area contributed by atoms with Crippen molar-refractivity contribution < 1.29 is 19.0 Å². The van der Waals surface area contributed by atoms with Gasteiger partial charge < -0.3 is 14.2 Å². The van der Waals surface area contributed by atoms with Crippen LogP contribution in [0, 0.1) is 5.92 Å². The van der Waals surface area contributed by atoms with E-state index in [0.29, 0.717) is 13.2 Å². The molecule has 0 aromatic heterocycles. The zero-order valence-corrected chi connectivity index (χ0v) is 8.24.